The number of para-hydroxylation sites is 2. The quantitative estimate of drug-likeness (QED) is 0.203. The van der Waals surface area contributed by atoms with Crippen LogP contribution in [0.2, 0.25) is 0 Å². The molecule has 0 aliphatic rings. The first-order valence-electron chi connectivity index (χ1n) is 12.8. The highest BCUT2D eigenvalue weighted by molar-refractivity contribution is 5.85. The second-order valence-corrected chi connectivity index (χ2v) is 9.63. The lowest BCUT2D eigenvalue weighted by molar-refractivity contribution is 0.301. The molecule has 1 atom stereocenters. The van der Waals surface area contributed by atoms with Gasteiger partial charge in [0.15, 0.2) is 0 Å². The molecule has 4 nitrogen and oxygen atoms in total. The molecule has 1 unspecified atom stereocenters. The molecule has 1 aromatic heterocycles. The maximum atomic E-state index is 6.10. The Balaban J connectivity index is 1.34. The molecule has 0 radical (unpaired) electrons. The molecule has 4 aromatic carbocycles. The second-order valence-electron chi connectivity index (χ2n) is 9.63. The zero-order valence-electron chi connectivity index (χ0n) is 21.6. The number of imidazole rings is 1. The number of hydrogen-bond acceptors (Lipinski definition) is 3. The molecule has 0 aliphatic heterocycles. The number of aromatic nitrogens is 2. The molecule has 184 valence electrons. The zero-order chi connectivity index (χ0) is 25.1. The highest BCUT2D eigenvalue weighted by Crippen LogP contribution is 2.31. The van der Waals surface area contributed by atoms with Crippen molar-refractivity contribution in [2.24, 2.45) is 0 Å². The average Bonchev–Trinajstić information content (AvgIpc) is 3.27. The van der Waals surface area contributed by atoms with Crippen molar-refractivity contribution in [2.45, 2.75) is 46.1 Å². The van der Waals surface area contributed by atoms with Gasteiger partial charge in [-0.1, -0.05) is 55.5 Å². The van der Waals surface area contributed by atoms with E-state index >= 15 is 0 Å². The third kappa shape index (κ3) is 4.94. The first-order chi connectivity index (χ1) is 17.5. The van der Waals surface area contributed by atoms with Gasteiger partial charge in [-0.05, 0) is 84.5 Å². The minimum Gasteiger partial charge on any atom is -0.497 e. The fourth-order valence-corrected chi connectivity index (χ4v) is 4.86. The van der Waals surface area contributed by atoms with Crippen LogP contribution in [0.5, 0.6) is 11.5 Å². The molecule has 36 heavy (non-hydrogen) atoms. The lowest BCUT2D eigenvalue weighted by atomic mass is 9.97. The van der Waals surface area contributed by atoms with Gasteiger partial charge in [-0.2, -0.15) is 0 Å². The van der Waals surface area contributed by atoms with Crippen LogP contribution in [-0.4, -0.2) is 23.3 Å². The summed E-state index contributed by atoms with van der Waals surface area (Å²) >= 11 is 0. The maximum Gasteiger partial charge on any atom is 0.122 e. The van der Waals surface area contributed by atoms with Crippen molar-refractivity contribution in [3.63, 3.8) is 0 Å². The number of rotatable bonds is 9. The van der Waals surface area contributed by atoms with E-state index in [4.69, 9.17) is 14.5 Å². The Morgan fingerprint density at radius 3 is 2.53 bits per heavy atom. The van der Waals surface area contributed by atoms with Gasteiger partial charge in [0.25, 0.3) is 0 Å². The topological polar surface area (TPSA) is 36.3 Å². The van der Waals surface area contributed by atoms with Crippen LogP contribution in [0, 0.1) is 13.8 Å². The summed E-state index contributed by atoms with van der Waals surface area (Å²) < 4.78 is 13.9. The summed E-state index contributed by atoms with van der Waals surface area (Å²) in [5, 5.41) is 2.40. The Kier molecular flexibility index (Phi) is 6.95. The highest BCUT2D eigenvalue weighted by atomic mass is 16.5. The van der Waals surface area contributed by atoms with Crippen molar-refractivity contribution < 1.29 is 9.47 Å². The first kappa shape index (κ1) is 23.9. The molecule has 0 saturated heterocycles. The van der Waals surface area contributed by atoms with Gasteiger partial charge in [-0.25, -0.2) is 4.98 Å². The van der Waals surface area contributed by atoms with Crippen LogP contribution in [0.25, 0.3) is 21.8 Å². The van der Waals surface area contributed by atoms with Crippen molar-refractivity contribution in [1.29, 1.82) is 0 Å². The van der Waals surface area contributed by atoms with E-state index in [1.54, 1.807) is 7.11 Å². The first-order valence-corrected chi connectivity index (χ1v) is 12.8. The summed E-state index contributed by atoms with van der Waals surface area (Å²) in [7, 11) is 1.71. The number of ether oxygens (including phenoxy) is 2. The molecule has 0 fully saturated rings. The molecule has 5 aromatic rings. The molecule has 0 bridgehead atoms. The van der Waals surface area contributed by atoms with Crippen molar-refractivity contribution in [3.05, 3.63) is 101 Å². The summed E-state index contributed by atoms with van der Waals surface area (Å²) in [6, 6.07) is 27.7. The molecule has 1 heterocycles. The Hall–Kier alpha value is -3.79. The third-order valence-electron chi connectivity index (χ3n) is 7.02. The van der Waals surface area contributed by atoms with Gasteiger partial charge in [0.1, 0.15) is 17.3 Å². The summed E-state index contributed by atoms with van der Waals surface area (Å²) in [4.78, 5) is 5.08. The predicted octanol–water partition coefficient (Wildman–Crippen LogP) is 7.83. The van der Waals surface area contributed by atoms with Crippen LogP contribution in [0.4, 0.5) is 0 Å². The van der Waals surface area contributed by atoms with Crippen LogP contribution in [0.3, 0.4) is 0 Å². The maximum absolute atomic E-state index is 6.10. The van der Waals surface area contributed by atoms with Crippen LogP contribution in [0.1, 0.15) is 48.2 Å². The molecule has 0 spiro atoms. The van der Waals surface area contributed by atoms with E-state index in [1.807, 2.05) is 6.07 Å². The van der Waals surface area contributed by atoms with Crippen molar-refractivity contribution >= 4 is 21.8 Å². The molecule has 0 aliphatic carbocycles. The van der Waals surface area contributed by atoms with E-state index in [9.17, 15) is 0 Å². The normalized spacial score (nSPS) is 12.2. The van der Waals surface area contributed by atoms with Crippen molar-refractivity contribution in [2.75, 3.05) is 13.7 Å². The highest BCUT2D eigenvalue weighted by Gasteiger charge is 2.18. The number of hydrogen-bond donors (Lipinski definition) is 0. The lowest BCUT2D eigenvalue weighted by Gasteiger charge is -2.16. The average molecular weight is 479 g/mol. The molecular formula is C32H34N2O2. The van der Waals surface area contributed by atoms with Gasteiger partial charge >= 0.3 is 0 Å². The van der Waals surface area contributed by atoms with Crippen molar-refractivity contribution in [3.8, 4) is 11.5 Å². The molecule has 0 amide bonds. The van der Waals surface area contributed by atoms with Crippen LogP contribution in [0.15, 0.2) is 78.9 Å². The standard InChI is InChI=1S/C32H34N2O2/c1-22-11-12-23(2)31(19-22)36-18-8-7-17-34-30-10-6-5-9-29(30)33-32(34)24(3)25-13-14-27-21-28(35-4)16-15-26(27)20-25/h5-6,9-16,19-21,24H,7-8,17-18H2,1-4H3. The van der Waals surface area contributed by atoms with E-state index < -0.39 is 0 Å². The van der Waals surface area contributed by atoms with Crippen LogP contribution in [-0.2, 0) is 6.54 Å². The molecule has 0 N–H and O–H groups in total. The van der Waals surface area contributed by atoms with E-state index in [-0.39, 0.29) is 5.92 Å². The molecule has 5 rings (SSSR count). The number of fused-ring (bicyclic) bond motifs is 2. The fourth-order valence-electron chi connectivity index (χ4n) is 4.86. The summed E-state index contributed by atoms with van der Waals surface area (Å²) in [5.74, 6) is 3.16. The summed E-state index contributed by atoms with van der Waals surface area (Å²) in [5.41, 5.74) is 5.93. The molecule has 4 heteroatoms. The van der Waals surface area contributed by atoms with E-state index in [0.717, 1.165) is 48.8 Å². The van der Waals surface area contributed by atoms with Gasteiger partial charge in [-0.15, -0.1) is 0 Å². The Labute approximate surface area is 213 Å². The van der Waals surface area contributed by atoms with Gasteiger partial charge in [0.05, 0.1) is 24.8 Å². The van der Waals surface area contributed by atoms with Crippen LogP contribution >= 0.6 is 0 Å². The number of nitrogens with zero attached hydrogens (tertiary/aromatic N) is 2. The molecular weight excluding hydrogens is 444 g/mol. The minimum atomic E-state index is 0.176. The fraction of sp³-hybridized carbons (Fsp3) is 0.281. The molecule has 0 saturated carbocycles. The minimum absolute atomic E-state index is 0.176. The van der Waals surface area contributed by atoms with Gasteiger partial charge in [0.2, 0.25) is 0 Å². The predicted molar refractivity (Wildman–Crippen MR) is 148 cm³/mol. The van der Waals surface area contributed by atoms with Gasteiger partial charge < -0.3 is 14.0 Å². The largest absolute Gasteiger partial charge is 0.497 e. The number of methoxy groups -OCH3 is 1. The number of aryl methyl sites for hydroxylation is 3. The number of unbranched alkanes of at least 4 members (excludes halogenated alkanes) is 1. The summed E-state index contributed by atoms with van der Waals surface area (Å²) in [6.07, 6.45) is 2.02. The van der Waals surface area contributed by atoms with E-state index in [1.165, 1.54) is 33.0 Å². The Bertz CT molecular complexity index is 1500. The van der Waals surface area contributed by atoms with Crippen LogP contribution < -0.4 is 9.47 Å². The van der Waals surface area contributed by atoms with Gasteiger partial charge in [-0.3, -0.25) is 0 Å². The number of benzene rings is 4. The van der Waals surface area contributed by atoms with E-state index in [0.29, 0.717) is 0 Å². The van der Waals surface area contributed by atoms with Gasteiger partial charge in [0, 0.05) is 12.5 Å². The summed E-state index contributed by atoms with van der Waals surface area (Å²) in [6.45, 7) is 8.10. The Morgan fingerprint density at radius 1 is 0.861 bits per heavy atom. The smallest absolute Gasteiger partial charge is 0.122 e. The zero-order valence-corrected chi connectivity index (χ0v) is 21.6. The SMILES string of the molecule is COc1ccc2cc(C(C)c3nc4ccccc4n3CCCCOc3cc(C)ccc3C)ccc2c1. The second kappa shape index (κ2) is 10.4. The van der Waals surface area contributed by atoms with Crippen molar-refractivity contribution in [1.82, 2.24) is 9.55 Å². The van der Waals surface area contributed by atoms with E-state index in [2.05, 4.69) is 98.1 Å². The monoisotopic (exact) mass is 478 g/mol. The third-order valence-corrected chi connectivity index (χ3v) is 7.02. The Morgan fingerprint density at radius 2 is 1.67 bits per heavy atom. The lowest BCUT2D eigenvalue weighted by Crippen LogP contribution is -2.10.